The zero-order valence-corrected chi connectivity index (χ0v) is 12.9. The van der Waals surface area contributed by atoms with Gasteiger partial charge >= 0.3 is 0 Å². The van der Waals surface area contributed by atoms with Crippen LogP contribution in [0, 0.1) is 0 Å². The predicted octanol–water partition coefficient (Wildman–Crippen LogP) is 3.37. The Morgan fingerprint density at radius 1 is 1.09 bits per heavy atom. The van der Waals surface area contributed by atoms with Crippen molar-refractivity contribution in [3.05, 3.63) is 58.5 Å². The van der Waals surface area contributed by atoms with Crippen LogP contribution in [0.2, 0.25) is 0 Å². The lowest BCUT2D eigenvalue weighted by Crippen LogP contribution is -2.13. The smallest absolute Gasteiger partial charge is 0.250 e. The first-order chi connectivity index (χ1) is 11.2. The Hall–Kier alpha value is -2.69. The van der Waals surface area contributed by atoms with Gasteiger partial charge in [0.2, 0.25) is 17.3 Å². The molecule has 1 aliphatic rings. The van der Waals surface area contributed by atoms with Crippen molar-refractivity contribution in [2.75, 3.05) is 0 Å². The van der Waals surface area contributed by atoms with Crippen molar-refractivity contribution >= 4 is 0 Å². The maximum Gasteiger partial charge on any atom is 0.250 e. The zero-order valence-electron chi connectivity index (χ0n) is 12.9. The lowest BCUT2D eigenvalue weighted by atomic mass is 9.80. The minimum Gasteiger partial charge on any atom is -0.416 e. The minimum atomic E-state index is -0.0679. The molecule has 0 aliphatic heterocycles. The van der Waals surface area contributed by atoms with Gasteiger partial charge < -0.3 is 8.98 Å². The van der Waals surface area contributed by atoms with Crippen molar-refractivity contribution in [2.45, 2.75) is 25.2 Å². The summed E-state index contributed by atoms with van der Waals surface area (Å²) in [6, 6.07) is 11.5. The predicted molar refractivity (Wildman–Crippen MR) is 87.0 cm³/mol. The third-order valence-corrected chi connectivity index (χ3v) is 4.47. The van der Waals surface area contributed by atoms with E-state index in [1.165, 1.54) is 35.5 Å². The molecule has 5 nitrogen and oxygen atoms in total. The molecular weight excluding hydrogens is 290 g/mol. The molecule has 0 radical (unpaired) electrons. The summed E-state index contributed by atoms with van der Waals surface area (Å²) < 4.78 is 7.30. The van der Waals surface area contributed by atoms with Crippen LogP contribution in [0.1, 0.15) is 30.7 Å². The van der Waals surface area contributed by atoms with E-state index in [0.29, 0.717) is 17.7 Å². The van der Waals surface area contributed by atoms with Crippen LogP contribution in [0.25, 0.3) is 22.9 Å². The number of benzene rings is 1. The highest BCUT2D eigenvalue weighted by molar-refractivity contribution is 5.58. The van der Waals surface area contributed by atoms with Gasteiger partial charge in [0.15, 0.2) is 0 Å². The maximum atomic E-state index is 11.5. The molecule has 5 heteroatoms. The number of nitrogens with zero attached hydrogens (tertiary/aromatic N) is 3. The molecule has 1 fully saturated rings. The molecule has 0 N–H and O–H groups in total. The number of rotatable bonds is 3. The Balaban J connectivity index is 1.67. The molecule has 2 heterocycles. The molecule has 0 saturated heterocycles. The van der Waals surface area contributed by atoms with Gasteiger partial charge in [-0.3, -0.25) is 4.79 Å². The number of pyridine rings is 1. The quantitative estimate of drug-likeness (QED) is 0.744. The highest BCUT2D eigenvalue weighted by atomic mass is 16.4. The van der Waals surface area contributed by atoms with E-state index >= 15 is 0 Å². The Morgan fingerprint density at radius 2 is 1.87 bits per heavy atom. The van der Waals surface area contributed by atoms with Crippen LogP contribution in [0.15, 0.2) is 51.8 Å². The SMILES string of the molecule is Cn1cc(-c2nnc(-c3cccc(C4CCC4)c3)o2)ccc1=O. The van der Waals surface area contributed by atoms with Crippen LogP contribution in [-0.4, -0.2) is 14.8 Å². The number of aryl methyl sites for hydroxylation is 1. The second-order valence-corrected chi connectivity index (χ2v) is 6.03. The molecular formula is C18H17N3O2. The lowest BCUT2D eigenvalue weighted by Gasteiger charge is -2.25. The summed E-state index contributed by atoms with van der Waals surface area (Å²) in [6.07, 6.45) is 5.53. The van der Waals surface area contributed by atoms with Crippen molar-refractivity contribution in [1.82, 2.24) is 14.8 Å². The summed E-state index contributed by atoms with van der Waals surface area (Å²) in [6.45, 7) is 0. The lowest BCUT2D eigenvalue weighted by molar-refractivity contribution is 0.420. The average molecular weight is 307 g/mol. The summed E-state index contributed by atoms with van der Waals surface area (Å²) in [4.78, 5) is 11.5. The maximum absolute atomic E-state index is 11.5. The molecule has 0 unspecified atom stereocenters. The fourth-order valence-electron chi connectivity index (χ4n) is 2.84. The molecule has 2 aromatic heterocycles. The van der Waals surface area contributed by atoms with Crippen molar-refractivity contribution < 1.29 is 4.42 Å². The average Bonchev–Trinajstić information content (AvgIpc) is 2.99. The third kappa shape index (κ3) is 2.59. The number of aromatic nitrogens is 3. The summed E-state index contributed by atoms with van der Waals surface area (Å²) in [5, 5.41) is 8.27. The highest BCUT2D eigenvalue weighted by Gasteiger charge is 2.20. The molecule has 0 bridgehead atoms. The molecule has 3 aromatic rings. The largest absolute Gasteiger partial charge is 0.416 e. The van der Waals surface area contributed by atoms with Crippen molar-refractivity contribution in [3.8, 4) is 22.9 Å². The molecule has 23 heavy (non-hydrogen) atoms. The molecule has 0 amide bonds. The van der Waals surface area contributed by atoms with E-state index in [1.807, 2.05) is 12.1 Å². The summed E-state index contributed by atoms with van der Waals surface area (Å²) in [5.41, 5.74) is 2.95. The van der Waals surface area contributed by atoms with Gasteiger partial charge in [-0.05, 0) is 42.5 Å². The van der Waals surface area contributed by atoms with Gasteiger partial charge in [0, 0.05) is 24.9 Å². The van der Waals surface area contributed by atoms with E-state index in [0.717, 1.165) is 11.1 Å². The van der Waals surface area contributed by atoms with Crippen LogP contribution in [-0.2, 0) is 7.05 Å². The van der Waals surface area contributed by atoms with E-state index < -0.39 is 0 Å². The van der Waals surface area contributed by atoms with Crippen LogP contribution >= 0.6 is 0 Å². The minimum absolute atomic E-state index is 0.0679. The fraction of sp³-hybridized carbons (Fsp3) is 0.278. The van der Waals surface area contributed by atoms with Gasteiger partial charge in [0.1, 0.15) is 0 Å². The van der Waals surface area contributed by atoms with Gasteiger partial charge in [-0.2, -0.15) is 0 Å². The van der Waals surface area contributed by atoms with Gasteiger partial charge in [-0.25, -0.2) is 0 Å². The van der Waals surface area contributed by atoms with Crippen LogP contribution in [0.5, 0.6) is 0 Å². The standard InChI is InChI=1S/C18H17N3O2/c1-21-11-15(8-9-16(21)22)18-20-19-17(23-18)14-7-3-6-13(10-14)12-4-2-5-12/h3,6-12H,2,4-5H2,1H3. The molecule has 0 spiro atoms. The molecule has 1 aliphatic carbocycles. The molecule has 4 rings (SSSR count). The second kappa shape index (κ2) is 5.50. The first-order valence-corrected chi connectivity index (χ1v) is 7.81. The zero-order chi connectivity index (χ0) is 15.8. The van der Waals surface area contributed by atoms with E-state index in [4.69, 9.17) is 4.42 Å². The van der Waals surface area contributed by atoms with Crippen molar-refractivity contribution in [3.63, 3.8) is 0 Å². The van der Waals surface area contributed by atoms with E-state index in [9.17, 15) is 4.79 Å². The van der Waals surface area contributed by atoms with Crippen molar-refractivity contribution in [2.24, 2.45) is 7.05 Å². The highest BCUT2D eigenvalue weighted by Crippen LogP contribution is 2.37. The number of hydrogen-bond acceptors (Lipinski definition) is 4. The van der Waals surface area contributed by atoms with Crippen LogP contribution in [0.3, 0.4) is 0 Å². The summed E-state index contributed by atoms with van der Waals surface area (Å²) >= 11 is 0. The van der Waals surface area contributed by atoms with E-state index in [2.05, 4.69) is 22.3 Å². The Bertz CT molecular complexity index is 906. The molecule has 116 valence electrons. The van der Waals surface area contributed by atoms with Crippen LogP contribution < -0.4 is 5.56 Å². The molecule has 1 aromatic carbocycles. The van der Waals surface area contributed by atoms with E-state index in [-0.39, 0.29) is 5.56 Å². The third-order valence-electron chi connectivity index (χ3n) is 4.47. The second-order valence-electron chi connectivity index (χ2n) is 6.03. The van der Waals surface area contributed by atoms with E-state index in [1.54, 1.807) is 19.3 Å². The monoisotopic (exact) mass is 307 g/mol. The molecule has 1 saturated carbocycles. The van der Waals surface area contributed by atoms with Crippen LogP contribution in [0.4, 0.5) is 0 Å². The van der Waals surface area contributed by atoms with Gasteiger partial charge in [-0.1, -0.05) is 18.6 Å². The van der Waals surface area contributed by atoms with Gasteiger partial charge in [0.05, 0.1) is 5.56 Å². The Kier molecular flexibility index (Phi) is 3.33. The fourth-order valence-corrected chi connectivity index (χ4v) is 2.84. The Morgan fingerprint density at radius 3 is 2.57 bits per heavy atom. The van der Waals surface area contributed by atoms with Crippen molar-refractivity contribution in [1.29, 1.82) is 0 Å². The Labute approximate surface area is 133 Å². The summed E-state index contributed by atoms with van der Waals surface area (Å²) in [7, 11) is 1.70. The number of hydrogen-bond donors (Lipinski definition) is 0. The normalized spacial score (nSPS) is 14.7. The molecule has 0 atom stereocenters. The summed E-state index contributed by atoms with van der Waals surface area (Å²) in [5.74, 6) is 1.60. The topological polar surface area (TPSA) is 60.9 Å². The van der Waals surface area contributed by atoms with Gasteiger partial charge in [-0.15, -0.1) is 10.2 Å². The first kappa shape index (κ1) is 13.9. The van der Waals surface area contributed by atoms with Gasteiger partial charge in [0.25, 0.3) is 0 Å². The first-order valence-electron chi connectivity index (χ1n) is 7.81.